The van der Waals surface area contributed by atoms with Crippen molar-refractivity contribution in [3.8, 4) is 0 Å². The average Bonchev–Trinajstić information content (AvgIpc) is 1.83. The molecule has 0 saturated heterocycles. The Morgan fingerprint density at radius 2 is 2.00 bits per heavy atom. The molecule has 0 aliphatic heterocycles. The van der Waals surface area contributed by atoms with Crippen molar-refractivity contribution in [2.45, 2.75) is 32.5 Å². The number of rotatable bonds is 4. The molecule has 0 amide bonds. The van der Waals surface area contributed by atoms with Gasteiger partial charge in [-0.25, -0.2) is 0 Å². The van der Waals surface area contributed by atoms with Crippen LogP contribution in [0.25, 0.3) is 0 Å². The quantitative estimate of drug-likeness (QED) is 0.708. The zero-order valence-corrected chi connectivity index (χ0v) is 8.57. The fourth-order valence-corrected chi connectivity index (χ4v) is 1.07. The Bertz CT molecular complexity index is 98.8. The third kappa shape index (κ3) is 8.17. The summed E-state index contributed by atoms with van der Waals surface area (Å²) in [5, 5.41) is 9.27. The van der Waals surface area contributed by atoms with Gasteiger partial charge in [0.15, 0.2) is 0 Å². The second kappa shape index (κ2) is 5.01. The molecule has 1 N–H and O–H groups in total. The molecule has 0 aliphatic carbocycles. The Balaban J connectivity index is 3.38. The van der Waals surface area contributed by atoms with Crippen molar-refractivity contribution in [1.29, 1.82) is 0 Å². The van der Waals surface area contributed by atoms with Crippen LogP contribution in [-0.2, 0) is 4.74 Å². The number of hydrogen-bond donors (Lipinski definition) is 1. The first-order valence-electron chi connectivity index (χ1n) is 3.76. The first-order chi connectivity index (χ1) is 4.95. The van der Waals surface area contributed by atoms with E-state index in [1.807, 2.05) is 27.0 Å². The molecule has 0 rings (SSSR count). The van der Waals surface area contributed by atoms with Gasteiger partial charge in [0.2, 0.25) is 0 Å². The molecule has 2 nitrogen and oxygen atoms in total. The molecular formula is C8H18O2S. The van der Waals surface area contributed by atoms with Gasteiger partial charge >= 0.3 is 0 Å². The molecule has 3 heteroatoms. The van der Waals surface area contributed by atoms with Crippen molar-refractivity contribution >= 4 is 11.8 Å². The van der Waals surface area contributed by atoms with Gasteiger partial charge in [-0.2, -0.15) is 11.8 Å². The Kier molecular flexibility index (Phi) is 5.13. The maximum Gasteiger partial charge on any atom is 0.0863 e. The van der Waals surface area contributed by atoms with Gasteiger partial charge in [0.25, 0.3) is 0 Å². The third-order valence-electron chi connectivity index (χ3n) is 1.07. The predicted octanol–water partition coefficient (Wildman–Crippen LogP) is 1.53. The SMILES string of the molecule is CSCC(O)COC(C)(C)C. The first kappa shape index (κ1) is 11.3. The smallest absolute Gasteiger partial charge is 0.0863 e. The van der Waals surface area contributed by atoms with Gasteiger partial charge in [-0.1, -0.05) is 0 Å². The van der Waals surface area contributed by atoms with E-state index in [9.17, 15) is 5.11 Å². The second-order valence-corrected chi connectivity index (χ2v) is 4.44. The summed E-state index contributed by atoms with van der Waals surface area (Å²) in [5.41, 5.74) is -0.139. The molecule has 1 atom stereocenters. The van der Waals surface area contributed by atoms with Crippen molar-refractivity contribution in [2.75, 3.05) is 18.6 Å². The number of hydrogen-bond acceptors (Lipinski definition) is 3. The van der Waals surface area contributed by atoms with Crippen molar-refractivity contribution in [3.63, 3.8) is 0 Å². The maximum absolute atomic E-state index is 9.27. The largest absolute Gasteiger partial charge is 0.390 e. The lowest BCUT2D eigenvalue weighted by molar-refractivity contribution is -0.0424. The molecule has 0 saturated carbocycles. The van der Waals surface area contributed by atoms with E-state index in [0.29, 0.717) is 6.61 Å². The molecule has 0 aliphatic rings. The molecule has 0 aromatic rings. The van der Waals surface area contributed by atoms with Gasteiger partial charge in [-0.3, -0.25) is 0 Å². The fourth-order valence-electron chi connectivity index (χ4n) is 0.587. The first-order valence-corrected chi connectivity index (χ1v) is 5.16. The standard InChI is InChI=1S/C8H18O2S/c1-8(2,3)10-5-7(9)6-11-4/h7,9H,5-6H2,1-4H3. The van der Waals surface area contributed by atoms with E-state index in [2.05, 4.69) is 0 Å². The highest BCUT2D eigenvalue weighted by atomic mass is 32.2. The van der Waals surface area contributed by atoms with Crippen molar-refractivity contribution in [2.24, 2.45) is 0 Å². The molecule has 0 spiro atoms. The van der Waals surface area contributed by atoms with Gasteiger partial charge < -0.3 is 9.84 Å². The fraction of sp³-hybridized carbons (Fsp3) is 1.00. The summed E-state index contributed by atoms with van der Waals surface area (Å²) in [6.07, 6.45) is 1.64. The highest BCUT2D eigenvalue weighted by Crippen LogP contribution is 2.08. The zero-order valence-electron chi connectivity index (χ0n) is 7.76. The summed E-state index contributed by atoms with van der Waals surface area (Å²) in [6.45, 7) is 6.39. The molecule has 1 unspecified atom stereocenters. The highest BCUT2D eigenvalue weighted by molar-refractivity contribution is 7.98. The maximum atomic E-state index is 9.27. The topological polar surface area (TPSA) is 29.5 Å². The van der Waals surface area contributed by atoms with E-state index in [-0.39, 0.29) is 11.7 Å². The van der Waals surface area contributed by atoms with Gasteiger partial charge in [0.05, 0.1) is 18.3 Å². The van der Waals surface area contributed by atoms with Crippen LogP contribution in [0.1, 0.15) is 20.8 Å². The lowest BCUT2D eigenvalue weighted by Crippen LogP contribution is -2.27. The summed E-state index contributed by atoms with van der Waals surface area (Å²) in [4.78, 5) is 0. The minimum Gasteiger partial charge on any atom is -0.390 e. The van der Waals surface area contributed by atoms with E-state index in [1.54, 1.807) is 11.8 Å². The van der Waals surface area contributed by atoms with Crippen LogP contribution in [0.2, 0.25) is 0 Å². The number of aliphatic hydroxyl groups is 1. The monoisotopic (exact) mass is 178 g/mol. The predicted molar refractivity (Wildman–Crippen MR) is 50.1 cm³/mol. The van der Waals surface area contributed by atoms with Crippen molar-refractivity contribution < 1.29 is 9.84 Å². The van der Waals surface area contributed by atoms with Crippen LogP contribution in [0.15, 0.2) is 0 Å². The summed E-state index contributed by atoms with van der Waals surface area (Å²) < 4.78 is 5.38. The van der Waals surface area contributed by atoms with Crippen LogP contribution in [0.4, 0.5) is 0 Å². The molecule has 0 heterocycles. The summed E-state index contributed by atoms with van der Waals surface area (Å²) in [7, 11) is 0. The normalized spacial score (nSPS) is 15.0. The van der Waals surface area contributed by atoms with Crippen LogP contribution in [0, 0.1) is 0 Å². The Morgan fingerprint density at radius 3 is 2.36 bits per heavy atom. The van der Waals surface area contributed by atoms with Crippen LogP contribution in [0.5, 0.6) is 0 Å². The van der Waals surface area contributed by atoms with Gasteiger partial charge in [-0.15, -0.1) is 0 Å². The van der Waals surface area contributed by atoms with Gasteiger partial charge in [0.1, 0.15) is 0 Å². The molecule has 68 valence electrons. The summed E-state index contributed by atoms with van der Waals surface area (Å²) in [5.74, 6) is 0.746. The van der Waals surface area contributed by atoms with Crippen LogP contribution in [0.3, 0.4) is 0 Å². The minimum atomic E-state index is -0.329. The van der Waals surface area contributed by atoms with Gasteiger partial charge in [-0.05, 0) is 27.0 Å². The van der Waals surface area contributed by atoms with Crippen molar-refractivity contribution in [1.82, 2.24) is 0 Å². The summed E-state index contributed by atoms with van der Waals surface area (Å²) in [6, 6.07) is 0. The highest BCUT2D eigenvalue weighted by Gasteiger charge is 2.12. The Morgan fingerprint density at radius 1 is 1.45 bits per heavy atom. The van der Waals surface area contributed by atoms with Crippen molar-refractivity contribution in [3.05, 3.63) is 0 Å². The molecule has 0 aromatic heterocycles. The number of aliphatic hydroxyl groups excluding tert-OH is 1. The van der Waals surface area contributed by atoms with Crippen LogP contribution >= 0.6 is 11.8 Å². The third-order valence-corrected chi connectivity index (χ3v) is 1.79. The zero-order chi connectivity index (χ0) is 8.91. The van der Waals surface area contributed by atoms with E-state index >= 15 is 0 Å². The Hall–Kier alpha value is 0.270. The number of thioether (sulfide) groups is 1. The van der Waals surface area contributed by atoms with Crippen LogP contribution in [-0.4, -0.2) is 35.4 Å². The molecule has 0 fully saturated rings. The second-order valence-electron chi connectivity index (χ2n) is 3.53. The van der Waals surface area contributed by atoms with Crippen LogP contribution < -0.4 is 0 Å². The molecule has 0 radical (unpaired) electrons. The van der Waals surface area contributed by atoms with Gasteiger partial charge in [0, 0.05) is 5.75 Å². The van der Waals surface area contributed by atoms with E-state index in [1.165, 1.54) is 0 Å². The lowest BCUT2D eigenvalue weighted by atomic mass is 10.2. The van der Waals surface area contributed by atoms with E-state index in [4.69, 9.17) is 4.74 Å². The molecule has 0 aromatic carbocycles. The summed E-state index contributed by atoms with van der Waals surface area (Å²) >= 11 is 1.63. The van der Waals surface area contributed by atoms with E-state index in [0.717, 1.165) is 5.75 Å². The lowest BCUT2D eigenvalue weighted by Gasteiger charge is -2.21. The molecule has 11 heavy (non-hydrogen) atoms. The molecule has 0 bridgehead atoms. The van der Waals surface area contributed by atoms with E-state index < -0.39 is 0 Å². The average molecular weight is 178 g/mol. The minimum absolute atomic E-state index is 0.139. The number of ether oxygens (including phenoxy) is 1. The Labute approximate surface area is 73.3 Å². The molecular weight excluding hydrogens is 160 g/mol.